The van der Waals surface area contributed by atoms with Crippen molar-refractivity contribution in [3.05, 3.63) is 58.7 Å². The van der Waals surface area contributed by atoms with Crippen molar-refractivity contribution >= 4 is 44.0 Å². The number of nitrogens with one attached hydrogen (secondary N) is 1. The summed E-state index contributed by atoms with van der Waals surface area (Å²) in [5.74, 6) is 0.0890. The molecule has 1 amide bonds. The van der Waals surface area contributed by atoms with Gasteiger partial charge in [-0.2, -0.15) is 0 Å². The average molecular weight is 458 g/mol. The molecule has 2 aliphatic heterocycles. The summed E-state index contributed by atoms with van der Waals surface area (Å²) in [5, 5.41) is 3.64. The third-order valence-corrected chi connectivity index (χ3v) is 8.61. The first-order chi connectivity index (χ1) is 14.6. The Morgan fingerprint density at radius 3 is 2.16 bits per heavy atom. The number of amidine groups is 1. The highest BCUT2D eigenvalue weighted by molar-refractivity contribution is 8.15. The second-order valence-electron chi connectivity index (χ2n) is 8.57. The number of carbonyl (C=O) groups is 1. The molecule has 2 aliphatic rings. The van der Waals surface area contributed by atoms with Gasteiger partial charge in [0.05, 0.1) is 17.5 Å². The summed E-state index contributed by atoms with van der Waals surface area (Å²) in [6.45, 7) is 8.15. The normalized spacial score (nSPS) is 21.5. The van der Waals surface area contributed by atoms with Crippen LogP contribution in [0.3, 0.4) is 0 Å². The number of hydrogen-bond donors (Lipinski definition) is 1. The van der Waals surface area contributed by atoms with E-state index in [0.29, 0.717) is 5.17 Å². The second-order valence-corrected chi connectivity index (χ2v) is 11.9. The number of fused-ring (bicyclic) bond motifs is 1. The monoisotopic (exact) mass is 457 g/mol. The summed E-state index contributed by atoms with van der Waals surface area (Å²) < 4.78 is 23.9. The first-order valence-electron chi connectivity index (χ1n) is 10.3. The van der Waals surface area contributed by atoms with Crippen LogP contribution in [-0.2, 0) is 14.6 Å². The minimum Gasteiger partial charge on any atom is -0.325 e. The van der Waals surface area contributed by atoms with E-state index in [-0.39, 0.29) is 35.2 Å². The molecule has 1 saturated heterocycles. The van der Waals surface area contributed by atoms with Crippen molar-refractivity contribution in [2.24, 2.45) is 4.99 Å². The third kappa shape index (κ3) is 5.13. The molecule has 1 fully saturated rings. The first kappa shape index (κ1) is 21.9. The fourth-order valence-electron chi connectivity index (χ4n) is 4.24. The molecular weight excluding hydrogens is 430 g/mol. The van der Waals surface area contributed by atoms with Crippen LogP contribution in [0.1, 0.15) is 22.3 Å². The fourth-order valence-corrected chi connectivity index (χ4v) is 8.02. The maximum absolute atomic E-state index is 13.0. The van der Waals surface area contributed by atoms with Crippen molar-refractivity contribution in [2.45, 2.75) is 39.0 Å². The van der Waals surface area contributed by atoms with Gasteiger partial charge in [0, 0.05) is 16.6 Å². The van der Waals surface area contributed by atoms with E-state index in [2.05, 4.69) is 17.4 Å². The molecule has 164 valence electrons. The summed E-state index contributed by atoms with van der Waals surface area (Å²) in [6.07, 6.45) is 0. The predicted molar refractivity (Wildman–Crippen MR) is 129 cm³/mol. The topological polar surface area (TPSA) is 78.8 Å². The molecule has 2 aromatic rings. The Bertz CT molecular complexity index is 1130. The zero-order chi connectivity index (χ0) is 22.3. The van der Waals surface area contributed by atoms with E-state index in [1.54, 1.807) is 0 Å². The molecule has 0 spiro atoms. The lowest BCUT2D eigenvalue weighted by Crippen LogP contribution is -2.36. The number of anilines is 2. The molecule has 1 N–H and O–H groups in total. The van der Waals surface area contributed by atoms with Crippen LogP contribution < -0.4 is 10.2 Å². The number of hydrogen-bond acceptors (Lipinski definition) is 6. The summed E-state index contributed by atoms with van der Waals surface area (Å²) in [5.41, 5.74) is 6.04. The lowest BCUT2D eigenvalue weighted by molar-refractivity contribution is -0.114. The molecule has 31 heavy (non-hydrogen) atoms. The molecule has 0 aromatic heterocycles. The van der Waals surface area contributed by atoms with Crippen molar-refractivity contribution in [1.82, 2.24) is 0 Å². The van der Waals surface area contributed by atoms with Gasteiger partial charge in [-0.25, -0.2) is 8.42 Å². The van der Waals surface area contributed by atoms with Gasteiger partial charge in [-0.05, 0) is 74.2 Å². The van der Waals surface area contributed by atoms with E-state index in [4.69, 9.17) is 4.99 Å². The zero-order valence-electron chi connectivity index (χ0n) is 18.2. The van der Waals surface area contributed by atoms with Crippen LogP contribution in [-0.4, -0.2) is 48.8 Å². The molecule has 8 heteroatoms. The van der Waals surface area contributed by atoms with Gasteiger partial charge < -0.3 is 10.2 Å². The van der Waals surface area contributed by atoms with Gasteiger partial charge in [0.2, 0.25) is 5.91 Å². The Labute approximate surface area is 188 Å². The zero-order valence-corrected chi connectivity index (χ0v) is 19.8. The molecular formula is C23H27N3O3S2. The molecule has 0 aliphatic carbocycles. The number of aryl methyl sites for hydroxylation is 4. The summed E-state index contributed by atoms with van der Waals surface area (Å²) in [6, 6.07) is 11.9. The van der Waals surface area contributed by atoms with Crippen molar-refractivity contribution in [3.8, 4) is 0 Å². The molecule has 0 radical (unpaired) electrons. The second kappa shape index (κ2) is 8.31. The molecule has 4 rings (SSSR count). The van der Waals surface area contributed by atoms with Crippen molar-refractivity contribution in [2.75, 3.05) is 28.3 Å². The molecule has 2 heterocycles. The molecule has 0 saturated carbocycles. The van der Waals surface area contributed by atoms with Gasteiger partial charge in [-0.3, -0.25) is 9.79 Å². The summed E-state index contributed by atoms with van der Waals surface area (Å²) in [7, 11) is -3.03. The Hall–Kier alpha value is -2.32. The fraction of sp³-hybridized carbons (Fsp3) is 0.391. The summed E-state index contributed by atoms with van der Waals surface area (Å²) in [4.78, 5) is 19.6. The number of rotatable bonds is 4. The SMILES string of the molecule is Cc1cc(C)cc(NC(=O)CN(C2=N[C@@H]3CS(=O)(=O)C[C@@H]3S2)c2cc(C)cc(C)c2)c1. The van der Waals surface area contributed by atoms with Gasteiger partial charge >= 0.3 is 0 Å². The Morgan fingerprint density at radius 2 is 1.58 bits per heavy atom. The van der Waals surface area contributed by atoms with E-state index in [1.165, 1.54) is 11.8 Å². The Morgan fingerprint density at radius 1 is 1.00 bits per heavy atom. The van der Waals surface area contributed by atoms with Crippen LogP contribution in [0.5, 0.6) is 0 Å². The number of thioether (sulfide) groups is 1. The van der Waals surface area contributed by atoms with Crippen LogP contribution in [0, 0.1) is 27.7 Å². The van der Waals surface area contributed by atoms with E-state index >= 15 is 0 Å². The number of aliphatic imine (C=N–C) groups is 1. The van der Waals surface area contributed by atoms with Crippen LogP contribution in [0.25, 0.3) is 0 Å². The quantitative estimate of drug-likeness (QED) is 0.758. The van der Waals surface area contributed by atoms with Crippen LogP contribution in [0.4, 0.5) is 11.4 Å². The van der Waals surface area contributed by atoms with E-state index in [9.17, 15) is 13.2 Å². The van der Waals surface area contributed by atoms with Crippen LogP contribution in [0.15, 0.2) is 41.4 Å². The van der Waals surface area contributed by atoms with Crippen LogP contribution >= 0.6 is 11.8 Å². The molecule has 6 nitrogen and oxygen atoms in total. The van der Waals surface area contributed by atoms with E-state index < -0.39 is 9.84 Å². The molecule has 0 bridgehead atoms. The number of benzene rings is 2. The number of carbonyl (C=O) groups excluding carboxylic acids is 1. The maximum atomic E-state index is 13.0. The largest absolute Gasteiger partial charge is 0.325 e. The predicted octanol–water partition coefficient (Wildman–Crippen LogP) is 3.63. The van der Waals surface area contributed by atoms with E-state index in [0.717, 1.165) is 33.6 Å². The summed E-state index contributed by atoms with van der Waals surface area (Å²) >= 11 is 1.47. The van der Waals surface area contributed by atoms with Crippen molar-refractivity contribution < 1.29 is 13.2 Å². The third-order valence-electron chi connectivity index (χ3n) is 5.36. The van der Waals surface area contributed by atoms with Crippen LogP contribution in [0.2, 0.25) is 0 Å². The van der Waals surface area contributed by atoms with Gasteiger partial charge in [0.1, 0.15) is 6.54 Å². The highest BCUT2D eigenvalue weighted by Crippen LogP contribution is 2.37. The number of amides is 1. The average Bonchev–Trinajstić information content (AvgIpc) is 3.11. The minimum atomic E-state index is -3.03. The molecule has 2 aromatic carbocycles. The Balaban J connectivity index is 1.61. The lowest BCUT2D eigenvalue weighted by Gasteiger charge is -2.25. The van der Waals surface area contributed by atoms with Gasteiger partial charge in [-0.15, -0.1) is 0 Å². The highest BCUT2D eigenvalue weighted by Gasteiger charge is 2.44. The lowest BCUT2D eigenvalue weighted by atomic mass is 10.1. The molecule has 2 atom stereocenters. The Kier molecular flexibility index (Phi) is 5.87. The van der Waals surface area contributed by atoms with Gasteiger partial charge in [-0.1, -0.05) is 23.9 Å². The van der Waals surface area contributed by atoms with Crippen molar-refractivity contribution in [1.29, 1.82) is 0 Å². The highest BCUT2D eigenvalue weighted by atomic mass is 32.2. The van der Waals surface area contributed by atoms with E-state index in [1.807, 2.05) is 56.9 Å². The number of sulfone groups is 1. The van der Waals surface area contributed by atoms with Gasteiger partial charge in [0.15, 0.2) is 15.0 Å². The number of nitrogens with zero attached hydrogens (tertiary/aromatic N) is 2. The maximum Gasteiger partial charge on any atom is 0.244 e. The smallest absolute Gasteiger partial charge is 0.244 e. The van der Waals surface area contributed by atoms with Crippen molar-refractivity contribution in [3.63, 3.8) is 0 Å². The molecule has 0 unspecified atom stereocenters. The minimum absolute atomic E-state index is 0.0733. The van der Waals surface area contributed by atoms with Gasteiger partial charge in [0.25, 0.3) is 0 Å². The first-order valence-corrected chi connectivity index (χ1v) is 13.0. The standard InChI is InChI=1S/C23H27N3O3S2/c1-14-5-15(2)8-18(7-14)24-22(27)11-26(19-9-16(3)6-17(4)10-19)23-25-20-12-31(28,29)13-21(20)30-23/h5-10,20-21H,11-13H2,1-4H3,(H,24,27)/t20-,21+/m1/s1.